The number of imidazole rings is 1. The molecule has 0 bridgehead atoms. The van der Waals surface area contributed by atoms with Crippen LogP contribution in [0.3, 0.4) is 0 Å². The summed E-state index contributed by atoms with van der Waals surface area (Å²) in [6, 6.07) is 0. The topological polar surface area (TPSA) is 33.1 Å². The Morgan fingerprint density at radius 1 is 1.50 bits per heavy atom. The summed E-state index contributed by atoms with van der Waals surface area (Å²) in [4.78, 5) is 6.82. The van der Waals surface area contributed by atoms with Crippen LogP contribution >= 0.6 is 0 Å². The Bertz CT molecular complexity index is 412. The van der Waals surface area contributed by atoms with E-state index in [2.05, 4.69) is 47.8 Å². The maximum Gasteiger partial charge on any atom is 0.109 e. The Hall–Kier alpha value is -0.870. The minimum atomic E-state index is 0.347. The Morgan fingerprint density at radius 2 is 2.30 bits per heavy atom. The fourth-order valence-electron chi connectivity index (χ4n) is 3.52. The molecule has 2 rings (SSSR count). The van der Waals surface area contributed by atoms with Gasteiger partial charge in [0.1, 0.15) is 5.82 Å². The van der Waals surface area contributed by atoms with E-state index in [-0.39, 0.29) is 0 Å². The van der Waals surface area contributed by atoms with Gasteiger partial charge in [0, 0.05) is 44.5 Å². The van der Waals surface area contributed by atoms with Crippen molar-refractivity contribution in [1.82, 2.24) is 19.8 Å². The largest absolute Gasteiger partial charge is 0.338 e. The lowest BCUT2D eigenvalue weighted by Crippen LogP contribution is -2.54. The molecule has 1 aromatic heterocycles. The van der Waals surface area contributed by atoms with Gasteiger partial charge >= 0.3 is 0 Å². The highest BCUT2D eigenvalue weighted by Crippen LogP contribution is 2.35. The van der Waals surface area contributed by atoms with Gasteiger partial charge in [-0.15, -0.1) is 0 Å². The molecule has 4 heteroatoms. The van der Waals surface area contributed by atoms with Gasteiger partial charge in [0.2, 0.25) is 0 Å². The van der Waals surface area contributed by atoms with E-state index < -0.39 is 0 Å². The Balaban J connectivity index is 1.82. The monoisotopic (exact) mass is 278 g/mol. The van der Waals surface area contributed by atoms with E-state index in [0.29, 0.717) is 5.54 Å². The molecule has 1 N–H and O–H groups in total. The minimum absolute atomic E-state index is 0.347. The van der Waals surface area contributed by atoms with Crippen molar-refractivity contribution in [2.75, 3.05) is 27.2 Å². The maximum absolute atomic E-state index is 4.38. The minimum Gasteiger partial charge on any atom is -0.338 e. The highest BCUT2D eigenvalue weighted by atomic mass is 15.2. The number of hydrogen-bond donors (Lipinski definition) is 1. The van der Waals surface area contributed by atoms with Gasteiger partial charge in [0.15, 0.2) is 0 Å². The van der Waals surface area contributed by atoms with Gasteiger partial charge in [0.25, 0.3) is 0 Å². The Kier molecular flexibility index (Phi) is 5.22. The molecule has 0 aromatic carbocycles. The lowest BCUT2D eigenvalue weighted by Gasteiger charge is -2.45. The van der Waals surface area contributed by atoms with Crippen LogP contribution in [0.15, 0.2) is 12.4 Å². The molecule has 1 aliphatic carbocycles. The van der Waals surface area contributed by atoms with Gasteiger partial charge in [-0.2, -0.15) is 0 Å². The molecule has 0 aliphatic heterocycles. The first kappa shape index (κ1) is 15.5. The fourth-order valence-corrected chi connectivity index (χ4v) is 3.52. The van der Waals surface area contributed by atoms with Crippen LogP contribution in [0.1, 0.15) is 38.4 Å². The predicted molar refractivity (Wildman–Crippen MR) is 83.8 cm³/mol. The molecule has 0 amide bonds. The van der Waals surface area contributed by atoms with E-state index in [4.69, 9.17) is 0 Å². The second-order valence-electron chi connectivity index (χ2n) is 6.70. The van der Waals surface area contributed by atoms with E-state index >= 15 is 0 Å². The SMILES string of the molecule is CC1CCCC(CNCCc2nccn2C)(N(C)C)C1. The van der Waals surface area contributed by atoms with Gasteiger partial charge in [0.05, 0.1) is 0 Å². The molecule has 1 fully saturated rings. The zero-order chi connectivity index (χ0) is 14.6. The molecule has 2 atom stereocenters. The summed E-state index contributed by atoms with van der Waals surface area (Å²) in [7, 11) is 6.53. The summed E-state index contributed by atoms with van der Waals surface area (Å²) in [6.45, 7) is 4.49. The summed E-state index contributed by atoms with van der Waals surface area (Å²) in [5, 5.41) is 3.67. The molecule has 0 spiro atoms. The van der Waals surface area contributed by atoms with E-state index in [0.717, 1.165) is 31.3 Å². The van der Waals surface area contributed by atoms with Crippen LogP contribution in [-0.4, -0.2) is 47.2 Å². The van der Waals surface area contributed by atoms with Gasteiger partial charge in [-0.1, -0.05) is 19.8 Å². The van der Waals surface area contributed by atoms with E-state index in [9.17, 15) is 0 Å². The molecule has 1 aromatic rings. The number of aryl methyl sites for hydroxylation is 1. The van der Waals surface area contributed by atoms with E-state index in [1.165, 1.54) is 25.7 Å². The molecule has 0 saturated heterocycles. The molecule has 20 heavy (non-hydrogen) atoms. The second kappa shape index (κ2) is 6.72. The molecule has 114 valence electrons. The van der Waals surface area contributed by atoms with Gasteiger partial charge in [-0.25, -0.2) is 4.98 Å². The van der Waals surface area contributed by atoms with E-state index in [1.54, 1.807) is 0 Å². The summed E-state index contributed by atoms with van der Waals surface area (Å²) in [5.74, 6) is 2.01. The lowest BCUT2D eigenvalue weighted by atomic mass is 9.75. The molecular formula is C16H30N4. The van der Waals surface area contributed by atoms with Crippen LogP contribution < -0.4 is 5.32 Å². The fraction of sp³-hybridized carbons (Fsp3) is 0.812. The summed E-state index contributed by atoms with van der Waals surface area (Å²) in [6.07, 6.45) is 10.3. The molecule has 1 aliphatic rings. The van der Waals surface area contributed by atoms with Crippen LogP contribution in [0.2, 0.25) is 0 Å². The number of likely N-dealkylation sites (N-methyl/N-ethyl adjacent to an activating group) is 1. The zero-order valence-corrected chi connectivity index (χ0v) is 13.5. The van der Waals surface area contributed by atoms with Crippen molar-refractivity contribution in [3.63, 3.8) is 0 Å². The van der Waals surface area contributed by atoms with Gasteiger partial charge < -0.3 is 14.8 Å². The summed E-state index contributed by atoms with van der Waals surface area (Å²) in [5.41, 5.74) is 0.347. The average molecular weight is 278 g/mol. The van der Waals surface area contributed by atoms with Crippen molar-refractivity contribution in [3.8, 4) is 0 Å². The zero-order valence-electron chi connectivity index (χ0n) is 13.5. The first-order valence-electron chi connectivity index (χ1n) is 7.88. The third-order valence-electron chi connectivity index (χ3n) is 4.92. The van der Waals surface area contributed by atoms with Crippen LogP contribution in [0.4, 0.5) is 0 Å². The maximum atomic E-state index is 4.38. The van der Waals surface area contributed by atoms with Crippen molar-refractivity contribution in [2.45, 2.75) is 44.6 Å². The summed E-state index contributed by atoms with van der Waals surface area (Å²) >= 11 is 0. The van der Waals surface area contributed by atoms with Crippen LogP contribution in [0.25, 0.3) is 0 Å². The number of hydrogen-bond acceptors (Lipinski definition) is 3. The molecule has 2 unspecified atom stereocenters. The number of aromatic nitrogens is 2. The molecule has 0 radical (unpaired) electrons. The van der Waals surface area contributed by atoms with Gasteiger partial charge in [-0.3, -0.25) is 0 Å². The number of rotatable bonds is 6. The third-order valence-corrected chi connectivity index (χ3v) is 4.92. The van der Waals surface area contributed by atoms with Crippen molar-refractivity contribution >= 4 is 0 Å². The summed E-state index contributed by atoms with van der Waals surface area (Å²) < 4.78 is 2.10. The van der Waals surface area contributed by atoms with Gasteiger partial charge in [-0.05, 0) is 32.9 Å². The first-order valence-corrected chi connectivity index (χ1v) is 7.88. The van der Waals surface area contributed by atoms with Crippen molar-refractivity contribution in [1.29, 1.82) is 0 Å². The van der Waals surface area contributed by atoms with E-state index in [1.807, 2.05) is 12.4 Å². The van der Waals surface area contributed by atoms with Crippen LogP contribution in [0, 0.1) is 5.92 Å². The lowest BCUT2D eigenvalue weighted by molar-refractivity contribution is 0.0755. The number of nitrogens with one attached hydrogen (secondary N) is 1. The smallest absolute Gasteiger partial charge is 0.109 e. The molecular weight excluding hydrogens is 248 g/mol. The van der Waals surface area contributed by atoms with Crippen LogP contribution in [-0.2, 0) is 13.5 Å². The highest BCUT2D eigenvalue weighted by Gasteiger charge is 2.36. The van der Waals surface area contributed by atoms with Crippen molar-refractivity contribution < 1.29 is 0 Å². The highest BCUT2D eigenvalue weighted by molar-refractivity contribution is 4.96. The third kappa shape index (κ3) is 3.61. The first-order chi connectivity index (χ1) is 9.53. The standard InChI is InChI=1S/C16H30N4/c1-14-6-5-8-16(12-14,19(2)3)13-17-9-7-15-18-10-11-20(15)4/h10-11,14,17H,5-9,12-13H2,1-4H3. The Labute approximate surface area is 123 Å². The van der Waals surface area contributed by atoms with Crippen molar-refractivity contribution in [3.05, 3.63) is 18.2 Å². The second-order valence-corrected chi connectivity index (χ2v) is 6.70. The Morgan fingerprint density at radius 3 is 2.90 bits per heavy atom. The average Bonchev–Trinajstić information content (AvgIpc) is 2.80. The normalized spacial score (nSPS) is 27.1. The van der Waals surface area contributed by atoms with Crippen molar-refractivity contribution in [2.24, 2.45) is 13.0 Å². The predicted octanol–water partition coefficient (Wildman–Crippen LogP) is 2.06. The molecule has 1 heterocycles. The molecule has 1 saturated carbocycles. The number of nitrogens with zero attached hydrogens (tertiary/aromatic N) is 3. The molecule has 4 nitrogen and oxygen atoms in total. The van der Waals surface area contributed by atoms with Crippen LogP contribution in [0.5, 0.6) is 0 Å². The quantitative estimate of drug-likeness (QED) is 0.809.